The van der Waals surface area contributed by atoms with Crippen molar-refractivity contribution in [3.8, 4) is 0 Å². The Balaban J connectivity index is 1.28. The molecule has 0 atom stereocenters. The van der Waals surface area contributed by atoms with Gasteiger partial charge >= 0.3 is 5.97 Å². The first-order valence-corrected chi connectivity index (χ1v) is 11.6. The van der Waals surface area contributed by atoms with Crippen LogP contribution in [0.5, 0.6) is 0 Å². The zero-order valence-electron chi connectivity index (χ0n) is 18.1. The lowest BCUT2D eigenvalue weighted by molar-refractivity contribution is -0.143. The van der Waals surface area contributed by atoms with Gasteiger partial charge in [-0.05, 0) is 64.1 Å². The molecule has 2 heteroatoms. The molecule has 0 amide bonds. The fourth-order valence-corrected chi connectivity index (χ4v) is 4.72. The van der Waals surface area contributed by atoms with Crippen molar-refractivity contribution in [3.05, 3.63) is 60.2 Å². The molecule has 156 valence electrons. The molecule has 0 N–H and O–H groups in total. The first-order valence-electron chi connectivity index (χ1n) is 11.6. The van der Waals surface area contributed by atoms with Crippen LogP contribution in [0.2, 0.25) is 0 Å². The van der Waals surface area contributed by atoms with Crippen LogP contribution in [-0.2, 0) is 16.0 Å². The largest absolute Gasteiger partial charge is 0.466 e. The van der Waals surface area contributed by atoms with E-state index < -0.39 is 0 Å². The Morgan fingerprint density at radius 1 is 0.700 bits per heavy atom. The fourth-order valence-electron chi connectivity index (χ4n) is 4.72. The molecular weight excluding hydrogens is 368 g/mol. The first kappa shape index (κ1) is 20.7. The number of aryl methyl sites for hydroxylation is 1. The Labute approximate surface area is 179 Å². The van der Waals surface area contributed by atoms with Crippen molar-refractivity contribution in [2.24, 2.45) is 0 Å². The van der Waals surface area contributed by atoms with Crippen LogP contribution in [-0.4, -0.2) is 12.6 Å². The number of hydrogen-bond donors (Lipinski definition) is 0. The number of rotatable bonds is 11. The normalized spacial score (nSPS) is 11.6. The van der Waals surface area contributed by atoms with Gasteiger partial charge in [-0.25, -0.2) is 0 Å². The molecule has 2 nitrogen and oxygen atoms in total. The average molecular weight is 401 g/mol. The third-order valence-corrected chi connectivity index (χ3v) is 6.25. The molecule has 0 radical (unpaired) electrons. The number of hydrogen-bond acceptors (Lipinski definition) is 2. The summed E-state index contributed by atoms with van der Waals surface area (Å²) < 4.78 is 4.97. The van der Waals surface area contributed by atoms with Crippen LogP contribution in [0.3, 0.4) is 0 Å². The highest BCUT2D eigenvalue weighted by atomic mass is 16.5. The quantitative estimate of drug-likeness (QED) is 0.146. The van der Waals surface area contributed by atoms with Crippen LogP contribution in [0.1, 0.15) is 63.9 Å². The molecule has 4 aromatic rings. The van der Waals surface area contributed by atoms with Gasteiger partial charge in [0.15, 0.2) is 0 Å². The second-order valence-electron chi connectivity index (χ2n) is 8.36. The summed E-state index contributed by atoms with van der Waals surface area (Å²) >= 11 is 0. The second-order valence-corrected chi connectivity index (χ2v) is 8.36. The second kappa shape index (κ2) is 9.93. The van der Waals surface area contributed by atoms with Crippen LogP contribution in [0.4, 0.5) is 0 Å². The van der Waals surface area contributed by atoms with E-state index >= 15 is 0 Å². The standard InChI is InChI=1S/C28H32O2/c1-2-30-26(29)14-9-7-5-3-4-6-8-11-21-15-16-24-18-17-22-12-10-13-23-19-20-25(21)28(24)27(22)23/h10,12-13,15-20H,2-9,11,14H2,1H3. The molecule has 0 fully saturated rings. The van der Waals surface area contributed by atoms with E-state index in [4.69, 9.17) is 4.74 Å². The van der Waals surface area contributed by atoms with E-state index in [2.05, 4.69) is 54.6 Å². The summed E-state index contributed by atoms with van der Waals surface area (Å²) in [6.45, 7) is 2.35. The highest BCUT2D eigenvalue weighted by Gasteiger charge is 2.10. The predicted molar refractivity (Wildman–Crippen MR) is 127 cm³/mol. The molecule has 0 aliphatic rings. The third kappa shape index (κ3) is 4.59. The highest BCUT2D eigenvalue weighted by Crippen LogP contribution is 2.36. The van der Waals surface area contributed by atoms with E-state index in [-0.39, 0.29) is 5.97 Å². The lowest BCUT2D eigenvalue weighted by Crippen LogP contribution is -2.03. The number of carbonyl (C=O) groups excluding carboxylic acids is 1. The van der Waals surface area contributed by atoms with Crippen molar-refractivity contribution in [3.63, 3.8) is 0 Å². The maximum Gasteiger partial charge on any atom is 0.305 e. The van der Waals surface area contributed by atoms with Crippen molar-refractivity contribution in [1.29, 1.82) is 0 Å². The SMILES string of the molecule is CCOC(=O)CCCCCCCCCc1ccc2ccc3cccc4ccc1c2c34. The molecule has 4 aromatic carbocycles. The topological polar surface area (TPSA) is 26.3 Å². The van der Waals surface area contributed by atoms with Gasteiger partial charge in [0, 0.05) is 6.42 Å². The fraction of sp³-hybridized carbons (Fsp3) is 0.393. The summed E-state index contributed by atoms with van der Waals surface area (Å²) in [6, 6.07) is 20.3. The minimum Gasteiger partial charge on any atom is -0.466 e. The van der Waals surface area contributed by atoms with Gasteiger partial charge in [-0.15, -0.1) is 0 Å². The Bertz CT molecular complexity index is 1100. The summed E-state index contributed by atoms with van der Waals surface area (Å²) in [5, 5.41) is 8.30. The van der Waals surface area contributed by atoms with E-state index in [9.17, 15) is 4.79 Å². The lowest BCUT2D eigenvalue weighted by atomic mass is 9.90. The molecule has 0 spiro atoms. The van der Waals surface area contributed by atoms with Crippen molar-refractivity contribution in [1.82, 2.24) is 0 Å². The average Bonchev–Trinajstić information content (AvgIpc) is 2.77. The minimum atomic E-state index is -0.0502. The summed E-state index contributed by atoms with van der Waals surface area (Å²) in [5.74, 6) is -0.0502. The van der Waals surface area contributed by atoms with Gasteiger partial charge in [-0.3, -0.25) is 4.79 Å². The van der Waals surface area contributed by atoms with E-state index in [0.29, 0.717) is 13.0 Å². The number of carbonyl (C=O) groups is 1. The summed E-state index contributed by atoms with van der Waals surface area (Å²) in [7, 11) is 0. The molecule has 0 aliphatic carbocycles. The van der Waals surface area contributed by atoms with Gasteiger partial charge in [0.2, 0.25) is 0 Å². The molecule has 0 aliphatic heterocycles. The molecule has 0 unspecified atom stereocenters. The number of benzene rings is 4. The van der Waals surface area contributed by atoms with E-state index in [1.165, 1.54) is 70.0 Å². The molecule has 4 rings (SSSR count). The Hall–Kier alpha value is -2.61. The van der Waals surface area contributed by atoms with Crippen molar-refractivity contribution >= 4 is 38.3 Å². The van der Waals surface area contributed by atoms with Crippen LogP contribution in [0.25, 0.3) is 32.3 Å². The number of esters is 1. The van der Waals surface area contributed by atoms with Gasteiger partial charge < -0.3 is 4.74 Å². The number of ether oxygens (including phenoxy) is 1. The summed E-state index contributed by atoms with van der Waals surface area (Å²) in [4.78, 5) is 11.3. The maximum absolute atomic E-state index is 11.3. The van der Waals surface area contributed by atoms with E-state index in [1.54, 1.807) is 0 Å². The Morgan fingerprint density at radius 3 is 2.03 bits per heavy atom. The molecule has 0 heterocycles. The van der Waals surface area contributed by atoms with Crippen molar-refractivity contribution < 1.29 is 9.53 Å². The van der Waals surface area contributed by atoms with Crippen LogP contribution in [0.15, 0.2) is 54.6 Å². The molecular formula is C28H32O2. The molecule has 0 saturated carbocycles. The maximum atomic E-state index is 11.3. The lowest BCUT2D eigenvalue weighted by Gasteiger charge is -2.14. The zero-order chi connectivity index (χ0) is 20.8. The van der Waals surface area contributed by atoms with Gasteiger partial charge in [-0.2, -0.15) is 0 Å². The van der Waals surface area contributed by atoms with E-state index in [0.717, 1.165) is 19.3 Å². The van der Waals surface area contributed by atoms with Gasteiger partial charge in [0.25, 0.3) is 0 Å². The Morgan fingerprint density at radius 2 is 1.30 bits per heavy atom. The summed E-state index contributed by atoms with van der Waals surface area (Å²) in [5.41, 5.74) is 1.48. The molecule has 0 aromatic heterocycles. The monoisotopic (exact) mass is 400 g/mol. The van der Waals surface area contributed by atoms with E-state index in [1.807, 2.05) is 6.92 Å². The minimum absolute atomic E-state index is 0.0502. The first-order chi connectivity index (χ1) is 14.8. The smallest absolute Gasteiger partial charge is 0.305 e. The zero-order valence-corrected chi connectivity index (χ0v) is 18.1. The van der Waals surface area contributed by atoms with Gasteiger partial charge in [-0.1, -0.05) is 86.7 Å². The Kier molecular flexibility index (Phi) is 6.84. The molecule has 0 bridgehead atoms. The molecule has 30 heavy (non-hydrogen) atoms. The molecule has 0 saturated heterocycles. The van der Waals surface area contributed by atoms with Crippen molar-refractivity contribution in [2.45, 2.75) is 64.7 Å². The van der Waals surface area contributed by atoms with Crippen molar-refractivity contribution in [2.75, 3.05) is 6.61 Å². The summed E-state index contributed by atoms with van der Waals surface area (Å²) in [6.07, 6.45) is 10.1. The van der Waals surface area contributed by atoms with Crippen LogP contribution >= 0.6 is 0 Å². The third-order valence-electron chi connectivity index (χ3n) is 6.25. The predicted octanol–water partition coefficient (Wildman–Crippen LogP) is 7.81. The van der Waals surface area contributed by atoms with Crippen LogP contribution < -0.4 is 0 Å². The van der Waals surface area contributed by atoms with Crippen LogP contribution in [0, 0.1) is 0 Å². The van der Waals surface area contributed by atoms with Gasteiger partial charge in [0.1, 0.15) is 0 Å². The van der Waals surface area contributed by atoms with Gasteiger partial charge in [0.05, 0.1) is 6.61 Å². The number of unbranched alkanes of at least 4 members (excludes halogenated alkanes) is 6. The highest BCUT2D eigenvalue weighted by molar-refractivity contribution is 6.23.